The molecular weight excluding hydrogens is 456 g/mol. The highest BCUT2D eigenvalue weighted by Crippen LogP contribution is 2.13. The molecule has 0 spiro atoms. The van der Waals surface area contributed by atoms with Crippen molar-refractivity contribution in [3.8, 4) is 0 Å². The Morgan fingerprint density at radius 1 is 1.00 bits per heavy atom. The van der Waals surface area contributed by atoms with Crippen LogP contribution >= 0.6 is 24.0 Å². The minimum Gasteiger partial charge on any atom is -0.371 e. The predicted molar refractivity (Wildman–Crippen MR) is 120 cm³/mol. The number of benzene rings is 2. The van der Waals surface area contributed by atoms with Crippen LogP contribution in [0.1, 0.15) is 37.5 Å². The zero-order chi connectivity index (χ0) is 19.0. The summed E-state index contributed by atoms with van der Waals surface area (Å²) in [4.78, 5) is 4.19. The molecule has 0 radical (unpaired) electrons. The van der Waals surface area contributed by atoms with E-state index in [-0.39, 0.29) is 35.4 Å². The maximum atomic E-state index is 13.7. The quantitative estimate of drug-likeness (QED) is 0.357. The number of nitrogens with one attached hydrogen (secondary N) is 2. The molecule has 0 saturated carbocycles. The molecule has 0 heterocycles. The summed E-state index contributed by atoms with van der Waals surface area (Å²) in [6.45, 7) is 7.72. The summed E-state index contributed by atoms with van der Waals surface area (Å²) in [5, 5.41) is 6.38. The van der Waals surface area contributed by atoms with Crippen molar-refractivity contribution in [2.24, 2.45) is 4.99 Å². The van der Waals surface area contributed by atoms with E-state index in [2.05, 4.69) is 33.8 Å². The average Bonchev–Trinajstić information content (AvgIpc) is 2.61. The van der Waals surface area contributed by atoms with Crippen LogP contribution in [0, 0.1) is 5.82 Å². The first-order valence-electron chi connectivity index (χ1n) is 8.77. The lowest BCUT2D eigenvalue weighted by atomic mass is 10.1. The number of hydrogen-bond donors (Lipinski definition) is 2. The highest BCUT2D eigenvalue weighted by molar-refractivity contribution is 14.0. The van der Waals surface area contributed by atoms with E-state index in [0.717, 1.165) is 11.1 Å². The molecule has 6 heteroatoms. The molecule has 2 aromatic carbocycles. The van der Waals surface area contributed by atoms with Gasteiger partial charge in [0.15, 0.2) is 5.96 Å². The summed E-state index contributed by atoms with van der Waals surface area (Å²) in [7, 11) is 1.70. The van der Waals surface area contributed by atoms with E-state index in [1.807, 2.05) is 32.9 Å². The van der Waals surface area contributed by atoms with Crippen LogP contribution in [-0.4, -0.2) is 18.6 Å². The first-order valence-corrected chi connectivity index (χ1v) is 8.77. The number of rotatable bonds is 6. The van der Waals surface area contributed by atoms with Gasteiger partial charge >= 0.3 is 0 Å². The van der Waals surface area contributed by atoms with Crippen molar-refractivity contribution < 1.29 is 9.13 Å². The van der Waals surface area contributed by atoms with Gasteiger partial charge in [-0.2, -0.15) is 0 Å². The third kappa shape index (κ3) is 8.71. The van der Waals surface area contributed by atoms with Gasteiger partial charge in [-0.25, -0.2) is 4.39 Å². The number of nitrogens with zero attached hydrogens (tertiary/aromatic N) is 1. The van der Waals surface area contributed by atoms with Gasteiger partial charge in [0.25, 0.3) is 0 Å². The van der Waals surface area contributed by atoms with Crippen molar-refractivity contribution in [3.63, 3.8) is 0 Å². The van der Waals surface area contributed by atoms with Gasteiger partial charge in [0, 0.05) is 25.7 Å². The molecule has 0 saturated heterocycles. The molecule has 0 atom stereocenters. The van der Waals surface area contributed by atoms with Crippen molar-refractivity contribution >= 4 is 29.9 Å². The standard InChI is InChI=1S/C21H28FN3O.HI/c1-21(2,3)26-15-17-9-7-8-16(12-17)13-24-20(23-4)25-14-18-10-5-6-11-19(18)22;/h5-12H,13-15H2,1-4H3,(H2,23,24,25);1H. The first kappa shape index (κ1) is 23.4. The second-order valence-electron chi connectivity index (χ2n) is 7.09. The van der Waals surface area contributed by atoms with Crippen LogP contribution in [0.3, 0.4) is 0 Å². The van der Waals surface area contributed by atoms with Gasteiger partial charge in [0.05, 0.1) is 12.2 Å². The molecule has 0 fully saturated rings. The Labute approximate surface area is 178 Å². The van der Waals surface area contributed by atoms with E-state index < -0.39 is 0 Å². The summed E-state index contributed by atoms with van der Waals surface area (Å²) in [6.07, 6.45) is 0. The molecule has 2 aromatic rings. The molecule has 0 unspecified atom stereocenters. The third-order valence-electron chi connectivity index (χ3n) is 3.75. The topological polar surface area (TPSA) is 45.7 Å². The molecule has 0 aromatic heterocycles. The normalized spacial score (nSPS) is 11.7. The maximum absolute atomic E-state index is 13.7. The van der Waals surface area contributed by atoms with Crippen LogP contribution < -0.4 is 10.6 Å². The van der Waals surface area contributed by atoms with Gasteiger partial charge in [-0.3, -0.25) is 4.99 Å². The van der Waals surface area contributed by atoms with Crippen LogP contribution in [0.5, 0.6) is 0 Å². The van der Waals surface area contributed by atoms with Gasteiger partial charge in [0.2, 0.25) is 0 Å². The lowest BCUT2D eigenvalue weighted by molar-refractivity contribution is -0.0149. The molecule has 4 nitrogen and oxygen atoms in total. The van der Waals surface area contributed by atoms with E-state index in [9.17, 15) is 4.39 Å². The summed E-state index contributed by atoms with van der Waals surface area (Å²) >= 11 is 0. The van der Waals surface area contributed by atoms with E-state index >= 15 is 0 Å². The Morgan fingerprint density at radius 2 is 1.67 bits per heavy atom. The van der Waals surface area contributed by atoms with Gasteiger partial charge < -0.3 is 15.4 Å². The van der Waals surface area contributed by atoms with Crippen molar-refractivity contribution in [1.29, 1.82) is 0 Å². The van der Waals surface area contributed by atoms with Gasteiger partial charge in [-0.05, 0) is 38.0 Å². The molecule has 148 valence electrons. The molecule has 27 heavy (non-hydrogen) atoms. The van der Waals surface area contributed by atoms with Crippen molar-refractivity contribution in [2.75, 3.05) is 7.05 Å². The maximum Gasteiger partial charge on any atom is 0.191 e. The molecule has 2 rings (SSSR count). The minimum atomic E-state index is -0.220. The summed E-state index contributed by atoms with van der Waals surface area (Å²) in [5.41, 5.74) is 2.71. The predicted octanol–water partition coefficient (Wildman–Crippen LogP) is 4.62. The molecule has 0 amide bonds. The average molecular weight is 485 g/mol. The third-order valence-corrected chi connectivity index (χ3v) is 3.75. The minimum absolute atomic E-state index is 0. The Kier molecular flexibility index (Phi) is 9.73. The number of ether oxygens (including phenoxy) is 1. The monoisotopic (exact) mass is 485 g/mol. The number of halogens is 2. The van der Waals surface area contributed by atoms with Gasteiger partial charge in [-0.1, -0.05) is 42.5 Å². The highest BCUT2D eigenvalue weighted by atomic mass is 127. The van der Waals surface area contributed by atoms with Crippen LogP contribution in [0.25, 0.3) is 0 Å². The zero-order valence-corrected chi connectivity index (χ0v) is 18.7. The number of aliphatic imine (C=N–C) groups is 1. The SMILES string of the molecule is CN=C(NCc1cccc(COC(C)(C)C)c1)NCc1ccccc1F.I. The fraction of sp³-hybridized carbons (Fsp3) is 0.381. The van der Waals surface area contributed by atoms with E-state index in [1.165, 1.54) is 6.07 Å². The summed E-state index contributed by atoms with van der Waals surface area (Å²) in [6, 6.07) is 15.0. The van der Waals surface area contributed by atoms with E-state index in [4.69, 9.17) is 4.74 Å². The number of hydrogen-bond acceptors (Lipinski definition) is 2. The van der Waals surface area contributed by atoms with Crippen molar-refractivity contribution in [3.05, 3.63) is 71.0 Å². The van der Waals surface area contributed by atoms with Crippen LogP contribution in [0.4, 0.5) is 4.39 Å². The molecule has 0 bridgehead atoms. The van der Waals surface area contributed by atoms with Crippen LogP contribution in [0.2, 0.25) is 0 Å². The zero-order valence-electron chi connectivity index (χ0n) is 16.4. The Morgan fingerprint density at radius 3 is 2.33 bits per heavy atom. The van der Waals surface area contributed by atoms with Crippen molar-refractivity contribution in [2.45, 2.75) is 46.1 Å². The highest BCUT2D eigenvalue weighted by Gasteiger charge is 2.10. The lowest BCUT2D eigenvalue weighted by Crippen LogP contribution is -2.36. The molecule has 2 N–H and O–H groups in total. The second kappa shape index (κ2) is 11.2. The smallest absolute Gasteiger partial charge is 0.191 e. The van der Waals surface area contributed by atoms with Gasteiger partial charge in [0.1, 0.15) is 5.82 Å². The molecule has 0 aliphatic rings. The Hall–Kier alpha value is -1.67. The van der Waals surface area contributed by atoms with Gasteiger partial charge in [-0.15, -0.1) is 24.0 Å². The first-order chi connectivity index (χ1) is 12.4. The van der Waals surface area contributed by atoms with Crippen molar-refractivity contribution in [1.82, 2.24) is 10.6 Å². The van der Waals surface area contributed by atoms with Crippen LogP contribution in [-0.2, 0) is 24.4 Å². The van der Waals surface area contributed by atoms with E-state index in [0.29, 0.717) is 31.2 Å². The lowest BCUT2D eigenvalue weighted by Gasteiger charge is -2.19. The largest absolute Gasteiger partial charge is 0.371 e. The molecule has 0 aliphatic heterocycles. The fourth-order valence-corrected chi connectivity index (χ4v) is 2.36. The molecule has 0 aliphatic carbocycles. The molecular formula is C21H29FIN3O. The van der Waals surface area contributed by atoms with Crippen LogP contribution in [0.15, 0.2) is 53.5 Å². The summed E-state index contributed by atoms with van der Waals surface area (Å²) in [5.74, 6) is 0.409. The Bertz CT molecular complexity index is 744. The summed E-state index contributed by atoms with van der Waals surface area (Å²) < 4.78 is 19.5. The fourth-order valence-electron chi connectivity index (χ4n) is 2.36. The Balaban J connectivity index is 0.00000364. The number of guanidine groups is 1. The second-order valence-corrected chi connectivity index (χ2v) is 7.09. The van der Waals surface area contributed by atoms with E-state index in [1.54, 1.807) is 19.2 Å².